The van der Waals surface area contributed by atoms with Gasteiger partial charge in [0, 0.05) is 36.5 Å². The van der Waals surface area contributed by atoms with Crippen LogP contribution in [0.25, 0.3) is 22.2 Å². The number of allylic oxidation sites excluding steroid dienone is 2. The van der Waals surface area contributed by atoms with Crippen LogP contribution in [0, 0.1) is 0 Å². The number of pyridine rings is 2. The summed E-state index contributed by atoms with van der Waals surface area (Å²) in [7, 11) is 1.62. The molecule has 0 unspecified atom stereocenters. The highest BCUT2D eigenvalue weighted by Crippen LogP contribution is 2.31. The van der Waals surface area contributed by atoms with Crippen molar-refractivity contribution in [1.82, 2.24) is 15.3 Å². The molecule has 0 atom stereocenters. The number of rotatable bonds is 7. The molecule has 2 aliphatic rings. The van der Waals surface area contributed by atoms with Crippen molar-refractivity contribution < 1.29 is 9.53 Å². The number of fused-ring (bicyclic) bond motifs is 1. The Morgan fingerprint density at radius 3 is 2.85 bits per heavy atom. The molecule has 0 radical (unpaired) electrons. The van der Waals surface area contributed by atoms with Gasteiger partial charge in [-0.25, -0.2) is 4.98 Å². The quantitative estimate of drug-likeness (QED) is 0.532. The van der Waals surface area contributed by atoms with E-state index in [1.54, 1.807) is 18.9 Å². The number of ketones is 1. The van der Waals surface area contributed by atoms with E-state index in [-0.39, 0.29) is 5.78 Å². The topological polar surface area (TPSA) is 76.5 Å². The summed E-state index contributed by atoms with van der Waals surface area (Å²) >= 11 is 1.80. The highest BCUT2D eigenvalue weighted by molar-refractivity contribution is 8.03. The van der Waals surface area contributed by atoms with Crippen LogP contribution >= 0.6 is 11.8 Å². The minimum atomic E-state index is 0.0855. The normalized spacial score (nSPS) is 15.5. The average Bonchev–Trinajstić information content (AvgIpc) is 2.86. The summed E-state index contributed by atoms with van der Waals surface area (Å²) < 4.78 is 5.29. The first-order valence-electron chi connectivity index (χ1n) is 10.9. The summed E-state index contributed by atoms with van der Waals surface area (Å²) in [5.74, 6) is 1.52. The lowest BCUT2D eigenvalue weighted by molar-refractivity contribution is -0.112. The first-order valence-corrected chi connectivity index (χ1v) is 11.9. The molecule has 3 aromatic rings. The second-order valence-electron chi connectivity index (χ2n) is 7.98. The Bertz CT molecular complexity index is 1300. The van der Waals surface area contributed by atoms with Crippen LogP contribution in [0.5, 0.6) is 5.88 Å². The number of nitrogens with one attached hydrogen (secondary N) is 1. The third-order valence-corrected chi connectivity index (χ3v) is 6.80. The number of hydrogen-bond acceptors (Lipinski definition) is 7. The van der Waals surface area contributed by atoms with Gasteiger partial charge in [0.1, 0.15) is 5.52 Å². The lowest BCUT2D eigenvalue weighted by Crippen LogP contribution is -2.21. The third-order valence-electron chi connectivity index (χ3n) is 5.75. The molecule has 1 N–H and O–H groups in total. The standard InChI is InChI=1S/C26H24N4O2S/c1-32-25-7-6-23-26(30-25)22(9-11-28-23)18-4-2-17(3-5-18)8-10-27-15-21-13-19-12-20(31)14-29-24(19)16-33-21/h2-7,9,11,13-14,27H,8,10,12,15-16H2,1H3. The van der Waals surface area contributed by atoms with Crippen molar-refractivity contribution in [3.63, 3.8) is 0 Å². The minimum Gasteiger partial charge on any atom is -0.481 e. The Labute approximate surface area is 196 Å². The van der Waals surface area contributed by atoms with E-state index >= 15 is 0 Å². The molecule has 0 amide bonds. The van der Waals surface area contributed by atoms with Gasteiger partial charge in [0.25, 0.3) is 0 Å². The molecule has 2 aromatic heterocycles. The van der Waals surface area contributed by atoms with Crippen LogP contribution in [0.2, 0.25) is 0 Å². The van der Waals surface area contributed by atoms with Gasteiger partial charge in [0.2, 0.25) is 5.88 Å². The molecule has 1 aromatic carbocycles. The van der Waals surface area contributed by atoms with Crippen molar-refractivity contribution in [3.8, 4) is 17.0 Å². The molecule has 5 rings (SSSR count). The predicted molar refractivity (Wildman–Crippen MR) is 134 cm³/mol. The van der Waals surface area contributed by atoms with Crippen LogP contribution in [0.1, 0.15) is 12.0 Å². The zero-order valence-electron chi connectivity index (χ0n) is 18.4. The SMILES string of the molecule is COc1ccc2nccc(-c3ccc(CCNCC4=CC5=C(CS4)N=CC(=O)C5)cc3)c2n1. The smallest absolute Gasteiger partial charge is 0.213 e. The molecule has 0 bridgehead atoms. The summed E-state index contributed by atoms with van der Waals surface area (Å²) in [6, 6.07) is 14.4. The van der Waals surface area contributed by atoms with Crippen LogP contribution in [-0.4, -0.2) is 47.9 Å². The number of Topliss-reactive ketones (excluding diaryl/α,β-unsaturated/α-hetero) is 1. The number of ether oxygens (including phenoxy) is 1. The number of thioether (sulfide) groups is 1. The van der Waals surface area contributed by atoms with Crippen LogP contribution in [0.3, 0.4) is 0 Å². The van der Waals surface area contributed by atoms with Crippen molar-refractivity contribution in [3.05, 3.63) is 76.5 Å². The summed E-state index contributed by atoms with van der Waals surface area (Å²) in [5.41, 5.74) is 7.24. The zero-order valence-corrected chi connectivity index (χ0v) is 19.2. The van der Waals surface area contributed by atoms with Crippen LogP contribution < -0.4 is 10.1 Å². The second-order valence-corrected chi connectivity index (χ2v) is 9.08. The molecule has 0 saturated carbocycles. The number of nitrogens with zero attached hydrogens (tertiary/aromatic N) is 3. The van der Waals surface area contributed by atoms with Crippen LogP contribution in [0.15, 0.2) is 75.9 Å². The van der Waals surface area contributed by atoms with Crippen molar-refractivity contribution in [2.24, 2.45) is 4.99 Å². The second kappa shape index (κ2) is 9.68. The number of aliphatic imine (C=N–C) groups is 1. The van der Waals surface area contributed by atoms with Crippen molar-refractivity contribution in [2.45, 2.75) is 12.8 Å². The van der Waals surface area contributed by atoms with Crippen molar-refractivity contribution >= 4 is 34.8 Å². The Morgan fingerprint density at radius 2 is 2.00 bits per heavy atom. The van der Waals surface area contributed by atoms with E-state index in [0.29, 0.717) is 12.3 Å². The molecule has 6 nitrogen and oxygen atoms in total. The number of benzene rings is 1. The first-order chi connectivity index (χ1) is 16.2. The molecule has 0 spiro atoms. The van der Waals surface area contributed by atoms with Gasteiger partial charge in [-0.05, 0) is 52.8 Å². The summed E-state index contributed by atoms with van der Waals surface area (Å²) in [6.07, 6.45) is 6.81. The number of carbonyl (C=O) groups excluding carboxylic acids is 1. The molecule has 4 heterocycles. The van der Waals surface area contributed by atoms with E-state index in [1.807, 2.05) is 24.4 Å². The Balaban J connectivity index is 1.19. The Hall–Kier alpha value is -3.29. The van der Waals surface area contributed by atoms with Crippen molar-refractivity contribution in [1.29, 1.82) is 0 Å². The third kappa shape index (κ3) is 4.89. The zero-order chi connectivity index (χ0) is 22.6. The molecule has 166 valence electrons. The molecule has 2 aliphatic heterocycles. The van der Waals surface area contributed by atoms with E-state index < -0.39 is 0 Å². The Morgan fingerprint density at radius 1 is 1.12 bits per heavy atom. The molecular formula is C26H24N4O2S. The summed E-state index contributed by atoms with van der Waals surface area (Å²) in [4.78, 5) is 26.1. The molecule has 0 saturated heterocycles. The molecule has 0 fully saturated rings. The number of methoxy groups -OCH3 is 1. The van der Waals surface area contributed by atoms with Gasteiger partial charge >= 0.3 is 0 Å². The van der Waals surface area contributed by atoms with Gasteiger partial charge in [0.05, 0.1) is 24.5 Å². The highest BCUT2D eigenvalue weighted by atomic mass is 32.2. The lowest BCUT2D eigenvalue weighted by Gasteiger charge is -2.19. The average molecular weight is 457 g/mol. The van der Waals surface area contributed by atoms with Crippen molar-refractivity contribution in [2.75, 3.05) is 26.0 Å². The maximum atomic E-state index is 11.6. The minimum absolute atomic E-state index is 0.0855. The van der Waals surface area contributed by atoms with E-state index in [0.717, 1.165) is 58.7 Å². The summed E-state index contributed by atoms with van der Waals surface area (Å²) in [5, 5.41) is 3.53. The number of carbonyl (C=O) groups is 1. The molecule has 0 aliphatic carbocycles. The molecule has 33 heavy (non-hydrogen) atoms. The van der Waals surface area contributed by atoms with Crippen LogP contribution in [0.4, 0.5) is 0 Å². The lowest BCUT2D eigenvalue weighted by atomic mass is 10.0. The van der Waals surface area contributed by atoms with E-state index in [1.165, 1.54) is 16.7 Å². The molecule has 7 heteroatoms. The van der Waals surface area contributed by atoms with Crippen LogP contribution in [-0.2, 0) is 11.2 Å². The summed E-state index contributed by atoms with van der Waals surface area (Å²) in [6.45, 7) is 1.70. The van der Waals surface area contributed by atoms with E-state index in [2.05, 4.69) is 50.6 Å². The highest BCUT2D eigenvalue weighted by Gasteiger charge is 2.18. The monoisotopic (exact) mass is 456 g/mol. The maximum absolute atomic E-state index is 11.6. The van der Waals surface area contributed by atoms with Gasteiger partial charge < -0.3 is 10.1 Å². The maximum Gasteiger partial charge on any atom is 0.213 e. The van der Waals surface area contributed by atoms with Gasteiger partial charge in [-0.15, -0.1) is 11.8 Å². The number of aromatic nitrogens is 2. The largest absolute Gasteiger partial charge is 0.481 e. The van der Waals surface area contributed by atoms with Gasteiger partial charge in [-0.2, -0.15) is 0 Å². The fourth-order valence-corrected chi connectivity index (χ4v) is 4.99. The van der Waals surface area contributed by atoms with E-state index in [4.69, 9.17) is 4.74 Å². The van der Waals surface area contributed by atoms with Gasteiger partial charge in [-0.3, -0.25) is 14.8 Å². The number of hydrogen-bond donors (Lipinski definition) is 1. The Kier molecular flexibility index (Phi) is 6.32. The predicted octanol–water partition coefficient (Wildman–Crippen LogP) is 4.37. The fraction of sp³-hybridized carbons (Fsp3) is 0.231. The molecular weight excluding hydrogens is 432 g/mol. The van der Waals surface area contributed by atoms with Gasteiger partial charge in [0.15, 0.2) is 5.78 Å². The first kappa shape index (κ1) is 21.6. The fourth-order valence-electron chi connectivity index (χ4n) is 3.98. The van der Waals surface area contributed by atoms with E-state index in [9.17, 15) is 4.79 Å². The van der Waals surface area contributed by atoms with Gasteiger partial charge in [-0.1, -0.05) is 24.3 Å².